The number of ether oxygens (including phenoxy) is 1. The second kappa shape index (κ2) is 11.5. The van der Waals surface area contributed by atoms with Gasteiger partial charge >= 0.3 is 17.8 Å². The van der Waals surface area contributed by atoms with Crippen LogP contribution in [0.2, 0.25) is 5.02 Å². The molecule has 3 aromatic rings. The van der Waals surface area contributed by atoms with E-state index in [4.69, 9.17) is 21.2 Å². The van der Waals surface area contributed by atoms with Gasteiger partial charge < -0.3 is 14.9 Å². The Morgan fingerprint density at radius 2 is 1.71 bits per heavy atom. The van der Waals surface area contributed by atoms with Crippen molar-refractivity contribution in [2.24, 2.45) is 7.05 Å². The van der Waals surface area contributed by atoms with Crippen molar-refractivity contribution in [2.75, 3.05) is 42.7 Å². The molecule has 1 atom stereocenters. The number of benzene rings is 2. The molecule has 0 amide bonds. The van der Waals surface area contributed by atoms with Crippen LogP contribution >= 0.6 is 11.6 Å². The van der Waals surface area contributed by atoms with Crippen LogP contribution in [-0.4, -0.2) is 65.3 Å². The van der Waals surface area contributed by atoms with Gasteiger partial charge in [0.05, 0.1) is 17.3 Å². The van der Waals surface area contributed by atoms with Gasteiger partial charge in [-0.15, -0.1) is 5.06 Å². The summed E-state index contributed by atoms with van der Waals surface area (Å²) in [5.41, 5.74) is -1.56. The Balaban J connectivity index is 1.67. The minimum atomic E-state index is -5.34. The van der Waals surface area contributed by atoms with Gasteiger partial charge in [0.2, 0.25) is 6.29 Å². The molecule has 0 aliphatic carbocycles. The highest BCUT2D eigenvalue weighted by atomic mass is 35.5. The van der Waals surface area contributed by atoms with Crippen molar-refractivity contribution < 1.29 is 27.5 Å². The number of aromatic nitrogens is 2. The number of halogens is 4. The monoisotopic (exact) mass is 594 g/mol. The summed E-state index contributed by atoms with van der Waals surface area (Å²) in [7, 11) is 1.29. The molecule has 1 N–H and O–H groups in total. The van der Waals surface area contributed by atoms with Crippen molar-refractivity contribution in [2.45, 2.75) is 19.0 Å². The number of fused-ring (bicyclic) bond motifs is 1. The van der Waals surface area contributed by atoms with Gasteiger partial charge in [0.1, 0.15) is 12.4 Å². The maximum Gasteiger partial charge on any atom is 0.493 e. The molecule has 218 valence electrons. The second-order valence-electron chi connectivity index (χ2n) is 9.29. The normalized spacial score (nSPS) is 17.4. The molecule has 2 aromatic carbocycles. The standard InChI is InChI=1S/C26H26ClF3N6O5/c1-32-21-20(22(37)34(25(32)39)15-16-40-17-7-3-2-4-8-17)35(19-10-6-5-9-18(19)27)24(33-13-11-31-12-14-33)36(21)41-23(38)26(28,29)30/h2-10,24,31H,11-16H2,1H3. The molecule has 2 aliphatic rings. The maximum atomic E-state index is 14.0. The smallest absolute Gasteiger partial charge is 0.492 e. The lowest BCUT2D eigenvalue weighted by atomic mass is 10.2. The molecule has 15 heteroatoms. The Morgan fingerprint density at radius 1 is 1.05 bits per heavy atom. The van der Waals surface area contributed by atoms with Crippen LogP contribution in [0.25, 0.3) is 0 Å². The van der Waals surface area contributed by atoms with Crippen LogP contribution in [0.5, 0.6) is 5.75 Å². The van der Waals surface area contributed by atoms with Crippen molar-refractivity contribution in [3.63, 3.8) is 0 Å². The summed E-state index contributed by atoms with van der Waals surface area (Å²) in [5.74, 6) is -2.29. The van der Waals surface area contributed by atoms with E-state index < -0.39 is 29.7 Å². The number of hydrogen-bond acceptors (Lipinski definition) is 9. The summed E-state index contributed by atoms with van der Waals surface area (Å²) in [4.78, 5) is 47.6. The summed E-state index contributed by atoms with van der Waals surface area (Å²) in [6, 6.07) is 15.2. The Labute approximate surface area is 236 Å². The Hall–Kier alpha value is -4.01. The van der Waals surface area contributed by atoms with Crippen molar-refractivity contribution in [3.05, 3.63) is 80.5 Å². The van der Waals surface area contributed by atoms with E-state index in [-0.39, 0.29) is 35.4 Å². The van der Waals surface area contributed by atoms with E-state index in [2.05, 4.69) is 5.32 Å². The number of para-hydroxylation sites is 2. The Kier molecular flexibility index (Phi) is 7.98. The molecular weight excluding hydrogens is 569 g/mol. The molecule has 1 fully saturated rings. The average Bonchev–Trinajstić information content (AvgIpc) is 3.29. The van der Waals surface area contributed by atoms with E-state index >= 15 is 0 Å². The van der Waals surface area contributed by atoms with Crippen LogP contribution in [0.4, 0.5) is 30.4 Å². The SMILES string of the molecule is Cn1c2c(c(=O)n(CCOc3ccccc3)c1=O)N(c1ccccc1Cl)C(N1CCNCC1)N2OC(=O)C(F)(F)F. The first-order valence-electron chi connectivity index (χ1n) is 12.7. The first kappa shape index (κ1) is 28.5. The second-order valence-corrected chi connectivity index (χ2v) is 9.70. The highest BCUT2D eigenvalue weighted by Crippen LogP contribution is 2.45. The summed E-state index contributed by atoms with van der Waals surface area (Å²) in [5, 5.41) is 4.02. The molecule has 0 bridgehead atoms. The van der Waals surface area contributed by atoms with Gasteiger partial charge in [0, 0.05) is 33.2 Å². The number of rotatable bonds is 7. The van der Waals surface area contributed by atoms with Crippen LogP contribution in [0.1, 0.15) is 0 Å². The molecular formula is C26H26ClF3N6O5. The van der Waals surface area contributed by atoms with E-state index in [1.165, 1.54) is 11.9 Å². The number of hydroxylamine groups is 1. The third-order valence-corrected chi connectivity index (χ3v) is 7.03. The molecule has 5 rings (SSSR count). The first-order chi connectivity index (χ1) is 19.6. The fraction of sp³-hybridized carbons (Fsp3) is 0.346. The Bertz CT molecular complexity index is 1540. The zero-order chi connectivity index (χ0) is 29.3. The van der Waals surface area contributed by atoms with Gasteiger partial charge in [-0.1, -0.05) is 41.9 Å². The van der Waals surface area contributed by atoms with E-state index in [9.17, 15) is 27.6 Å². The van der Waals surface area contributed by atoms with Crippen LogP contribution in [-0.2, 0) is 23.2 Å². The van der Waals surface area contributed by atoms with Crippen molar-refractivity contribution in [3.8, 4) is 5.75 Å². The lowest BCUT2D eigenvalue weighted by Crippen LogP contribution is -2.60. The number of alkyl halides is 3. The summed E-state index contributed by atoms with van der Waals surface area (Å²) >= 11 is 6.54. The predicted octanol–water partition coefficient (Wildman–Crippen LogP) is 2.45. The number of hydrogen-bond donors (Lipinski definition) is 1. The van der Waals surface area contributed by atoms with Crippen molar-refractivity contribution in [1.82, 2.24) is 19.4 Å². The number of anilines is 3. The highest BCUT2D eigenvalue weighted by Gasteiger charge is 2.51. The molecule has 0 radical (unpaired) electrons. The number of nitrogens with zero attached hydrogens (tertiary/aromatic N) is 5. The highest BCUT2D eigenvalue weighted by molar-refractivity contribution is 6.33. The first-order valence-corrected chi connectivity index (χ1v) is 13.1. The predicted molar refractivity (Wildman–Crippen MR) is 144 cm³/mol. The number of carbonyl (C=O) groups is 1. The van der Waals surface area contributed by atoms with E-state index in [0.29, 0.717) is 37.0 Å². The summed E-state index contributed by atoms with van der Waals surface area (Å²) in [6.07, 6.45) is -6.60. The van der Waals surface area contributed by atoms with Gasteiger partial charge in [-0.3, -0.25) is 23.7 Å². The quantitative estimate of drug-likeness (QED) is 0.442. The maximum absolute atomic E-state index is 14.0. The zero-order valence-corrected chi connectivity index (χ0v) is 22.6. The molecule has 41 heavy (non-hydrogen) atoms. The number of carbonyl (C=O) groups excluding carboxylic acids is 1. The van der Waals surface area contributed by atoms with Crippen LogP contribution in [0, 0.1) is 0 Å². The van der Waals surface area contributed by atoms with Gasteiger partial charge in [-0.25, -0.2) is 9.59 Å². The fourth-order valence-corrected chi connectivity index (χ4v) is 5.08. The average molecular weight is 595 g/mol. The van der Waals surface area contributed by atoms with Gasteiger partial charge in [-0.05, 0) is 24.3 Å². The van der Waals surface area contributed by atoms with E-state index in [1.807, 2.05) is 6.07 Å². The number of piperazine rings is 1. The van der Waals surface area contributed by atoms with Crippen molar-refractivity contribution in [1.29, 1.82) is 0 Å². The minimum absolute atomic E-state index is 0.0436. The lowest BCUT2D eigenvalue weighted by molar-refractivity contribution is -0.203. The van der Waals surface area contributed by atoms with E-state index in [0.717, 1.165) is 9.13 Å². The third kappa shape index (κ3) is 5.49. The lowest BCUT2D eigenvalue weighted by Gasteiger charge is -2.41. The Morgan fingerprint density at radius 3 is 2.37 bits per heavy atom. The zero-order valence-electron chi connectivity index (χ0n) is 21.8. The summed E-state index contributed by atoms with van der Waals surface area (Å²) < 4.78 is 47.9. The van der Waals surface area contributed by atoms with E-state index in [1.54, 1.807) is 53.4 Å². The van der Waals surface area contributed by atoms with Crippen LogP contribution in [0.3, 0.4) is 0 Å². The molecule has 3 heterocycles. The van der Waals surface area contributed by atoms with Crippen LogP contribution in [0.15, 0.2) is 64.2 Å². The van der Waals surface area contributed by atoms with Crippen LogP contribution < -0.4 is 31.3 Å². The largest absolute Gasteiger partial charge is 0.493 e. The third-order valence-electron chi connectivity index (χ3n) is 6.72. The summed E-state index contributed by atoms with van der Waals surface area (Å²) in [6.45, 7) is 1.40. The topological polar surface area (TPSA) is 101 Å². The molecule has 1 unspecified atom stereocenters. The molecule has 1 aromatic heterocycles. The molecule has 11 nitrogen and oxygen atoms in total. The molecule has 0 saturated carbocycles. The van der Waals surface area contributed by atoms with Gasteiger partial charge in [0.25, 0.3) is 5.56 Å². The fourth-order valence-electron chi connectivity index (χ4n) is 4.85. The van der Waals surface area contributed by atoms with Gasteiger partial charge in [-0.2, -0.15) is 13.2 Å². The molecule has 0 spiro atoms. The molecule has 2 aliphatic heterocycles. The minimum Gasteiger partial charge on any atom is -0.492 e. The van der Waals surface area contributed by atoms with Gasteiger partial charge in [0.15, 0.2) is 11.5 Å². The molecule has 1 saturated heterocycles. The number of nitrogens with one attached hydrogen (secondary N) is 1. The van der Waals surface area contributed by atoms with Crippen molar-refractivity contribution >= 4 is 34.8 Å².